The first-order chi connectivity index (χ1) is 11.6. The molecule has 24 heavy (non-hydrogen) atoms. The van der Waals surface area contributed by atoms with E-state index in [0.29, 0.717) is 9.10 Å². The van der Waals surface area contributed by atoms with Crippen molar-refractivity contribution in [3.8, 4) is 0 Å². The fourth-order valence-electron chi connectivity index (χ4n) is 1.09. The quantitative estimate of drug-likeness (QED) is 0.208. The van der Waals surface area contributed by atoms with Crippen molar-refractivity contribution >= 4 is 24.3 Å². The van der Waals surface area contributed by atoms with Crippen molar-refractivity contribution in [2.24, 2.45) is 34.5 Å². The highest BCUT2D eigenvalue weighted by molar-refractivity contribution is 7.82. The summed E-state index contributed by atoms with van der Waals surface area (Å²) in [6.07, 6.45) is 0. The Bertz CT molecular complexity index is 812. The average Bonchev–Trinajstić information content (AvgIpc) is 2.55. The van der Waals surface area contributed by atoms with Gasteiger partial charge in [-0.25, -0.2) is 0 Å². The van der Waals surface area contributed by atoms with Gasteiger partial charge in [-0.05, 0) is 42.3 Å². The van der Waals surface area contributed by atoms with E-state index in [1.54, 1.807) is 0 Å². The van der Waals surface area contributed by atoms with Gasteiger partial charge in [-0.1, -0.05) is 0 Å². The predicted molar refractivity (Wildman–Crippen MR) is 81.7 cm³/mol. The monoisotopic (exact) mass is 387 g/mol. The second kappa shape index (κ2) is 8.86. The fraction of sp³-hybridized carbons (Fsp3) is 0. The molecule has 1 rings (SSSR count). The summed E-state index contributed by atoms with van der Waals surface area (Å²) in [4.78, 5) is 27.8. The van der Waals surface area contributed by atoms with Crippen LogP contribution in [0.15, 0.2) is 34.5 Å². The van der Waals surface area contributed by atoms with Gasteiger partial charge in [-0.2, -0.15) is 14.3 Å². The van der Waals surface area contributed by atoms with E-state index in [-0.39, 0.29) is 0 Å². The van der Waals surface area contributed by atoms with E-state index in [0.717, 1.165) is 0 Å². The summed E-state index contributed by atoms with van der Waals surface area (Å²) in [6, 6.07) is 0. The third kappa shape index (κ3) is 3.65. The van der Waals surface area contributed by atoms with Crippen LogP contribution in [0.5, 0.6) is 0 Å². The first-order valence-electron chi connectivity index (χ1n) is 4.80. The normalized spacial score (nSPS) is 24.2. The molecule has 0 radical (unpaired) electrons. The van der Waals surface area contributed by atoms with E-state index in [1.807, 2.05) is 0 Å². The molecule has 1 heterocycles. The Kier molecular flexibility index (Phi) is 6.87. The van der Waals surface area contributed by atoms with Gasteiger partial charge in [0.05, 0.1) is 0 Å². The van der Waals surface area contributed by atoms with E-state index in [4.69, 9.17) is 33.2 Å². The lowest BCUT2D eigenvalue weighted by Gasteiger charge is -2.32. The third-order valence-corrected chi connectivity index (χ3v) is 8.36. The van der Waals surface area contributed by atoms with E-state index >= 15 is 0 Å². The summed E-state index contributed by atoms with van der Waals surface area (Å²) in [5.74, 6) is 0. The van der Waals surface area contributed by atoms with Crippen molar-refractivity contribution in [1.82, 2.24) is 9.10 Å². The standard InChI is InChI=1S/N21P3/c1-7-13-20-22(15-9-3)19-24(17-11-5,18-12-6)21(14-8-2)23(20)16-10-4. The van der Waals surface area contributed by atoms with Gasteiger partial charge in [0.2, 0.25) is 0 Å². The van der Waals surface area contributed by atoms with Crippen LogP contribution >= 0.6 is 24.3 Å². The highest BCUT2D eigenvalue weighted by atomic mass is 31.3. The van der Waals surface area contributed by atoms with Gasteiger partial charge >= 0.3 is 24.3 Å². The molecule has 0 aromatic heterocycles. The lowest BCUT2D eigenvalue weighted by atomic mass is 12.7. The minimum atomic E-state index is -3.99. The van der Waals surface area contributed by atoms with Crippen LogP contribution in [-0.4, -0.2) is 9.10 Å². The molecule has 21 nitrogen and oxygen atoms in total. The molecule has 1 aliphatic rings. The Balaban J connectivity index is 3.97. The van der Waals surface area contributed by atoms with Crippen LogP contribution in [-0.2, 0) is 0 Å². The lowest BCUT2D eigenvalue weighted by molar-refractivity contribution is 0.638. The van der Waals surface area contributed by atoms with E-state index in [2.05, 4.69) is 64.0 Å². The van der Waals surface area contributed by atoms with Crippen molar-refractivity contribution in [3.05, 3.63) is 62.7 Å². The zero-order chi connectivity index (χ0) is 18.0. The molecule has 2 unspecified atom stereocenters. The van der Waals surface area contributed by atoms with Crippen molar-refractivity contribution in [3.63, 3.8) is 0 Å². The molecule has 0 amide bonds. The SMILES string of the molecule is [N-]=[N+]=NN1P(N=[N+]=[N-])N=P(N=[N+]=[N-])(N=[N+]=[N-])N(N=[N+]=[N-])P1N=[N+]=[N-]. The Hall–Kier alpha value is -3.45. The average molecular weight is 387 g/mol. The summed E-state index contributed by atoms with van der Waals surface area (Å²) >= 11 is 0. The Morgan fingerprint density at radius 1 is 0.750 bits per heavy atom. The molecule has 24 heteroatoms. The molecule has 0 spiro atoms. The molecule has 0 fully saturated rings. The summed E-state index contributed by atoms with van der Waals surface area (Å²) < 4.78 is 4.92. The van der Waals surface area contributed by atoms with Crippen LogP contribution < -0.4 is 0 Å². The zero-order valence-electron chi connectivity index (χ0n) is 10.7. The minimum absolute atomic E-state index is 0.502. The molecule has 0 saturated heterocycles. The maximum absolute atomic E-state index is 8.69. The maximum Gasteiger partial charge on any atom is 0.405 e. The van der Waals surface area contributed by atoms with Gasteiger partial charge in [0, 0.05) is 29.4 Å². The maximum atomic E-state index is 8.69. The molecule has 1 aliphatic heterocycles. The molecule has 120 valence electrons. The number of hydrogen-bond donors (Lipinski definition) is 0. The van der Waals surface area contributed by atoms with Crippen molar-refractivity contribution in [1.29, 1.82) is 0 Å². The van der Waals surface area contributed by atoms with Gasteiger partial charge < -0.3 is 0 Å². The van der Waals surface area contributed by atoms with Crippen LogP contribution in [0.3, 0.4) is 0 Å². The van der Waals surface area contributed by atoms with Crippen molar-refractivity contribution in [2.45, 2.75) is 0 Å². The minimum Gasteiger partial charge on any atom is -0.177 e. The largest absolute Gasteiger partial charge is 0.405 e. The fourth-order valence-corrected chi connectivity index (χ4v) is 7.57. The Morgan fingerprint density at radius 3 is 1.79 bits per heavy atom. The van der Waals surface area contributed by atoms with Crippen molar-refractivity contribution in [2.75, 3.05) is 0 Å². The molecular formula is N21P3. The number of azide groups is 5. The third-order valence-electron chi connectivity index (χ3n) is 1.72. The Labute approximate surface area is 131 Å². The molecule has 0 N–H and O–H groups in total. The van der Waals surface area contributed by atoms with Gasteiger partial charge in [0.25, 0.3) is 0 Å². The molecule has 0 aromatic rings. The summed E-state index contributed by atoms with van der Waals surface area (Å²) in [6.45, 7) is 0. The van der Waals surface area contributed by atoms with Gasteiger partial charge in [0.15, 0.2) is 0 Å². The molecule has 2 atom stereocenters. The zero-order valence-corrected chi connectivity index (χ0v) is 13.4. The van der Waals surface area contributed by atoms with E-state index in [1.165, 1.54) is 0 Å². The molecule has 0 saturated carbocycles. The van der Waals surface area contributed by atoms with Crippen LogP contribution in [0.2, 0.25) is 0 Å². The summed E-state index contributed by atoms with van der Waals surface area (Å²) in [5, 5.41) is 6.33. The summed E-state index contributed by atoms with van der Waals surface area (Å²) in [7, 11) is -8.98. The predicted octanol–water partition coefficient (Wildman–Crippen LogP) is 6.70. The van der Waals surface area contributed by atoms with E-state index in [9.17, 15) is 0 Å². The molecule has 0 bridgehead atoms. The molecule has 0 aliphatic carbocycles. The smallest absolute Gasteiger partial charge is 0.177 e. The van der Waals surface area contributed by atoms with Gasteiger partial charge in [0.1, 0.15) is 0 Å². The first kappa shape index (κ1) is 18.6. The number of hydrogen-bond acceptors (Lipinski definition) is 7. The Morgan fingerprint density at radius 2 is 1.33 bits per heavy atom. The number of rotatable bonds is 6. The second-order valence-corrected chi connectivity index (χ2v) is 8.50. The highest BCUT2D eigenvalue weighted by Gasteiger charge is 2.52. The van der Waals surface area contributed by atoms with Crippen LogP contribution in [0, 0.1) is 0 Å². The molecular weight excluding hydrogens is 387 g/mol. The van der Waals surface area contributed by atoms with E-state index < -0.39 is 24.3 Å². The van der Waals surface area contributed by atoms with Crippen molar-refractivity contribution < 1.29 is 0 Å². The first-order valence-corrected chi connectivity index (χ1v) is 8.80. The molecule has 0 aromatic carbocycles. The summed E-state index contributed by atoms with van der Waals surface area (Å²) in [5.41, 5.74) is 51.9. The van der Waals surface area contributed by atoms with Gasteiger partial charge in [-0.15, -0.1) is 20.2 Å². The van der Waals surface area contributed by atoms with Gasteiger partial charge in [-0.3, -0.25) is 0 Å². The number of nitrogens with zero attached hydrogens (tertiary/aromatic N) is 21. The lowest BCUT2D eigenvalue weighted by Crippen LogP contribution is -2.16. The van der Waals surface area contributed by atoms with Crippen LogP contribution in [0.4, 0.5) is 0 Å². The van der Waals surface area contributed by atoms with Crippen LogP contribution in [0.25, 0.3) is 62.7 Å². The second-order valence-electron chi connectivity index (χ2n) is 2.77. The highest BCUT2D eigenvalue weighted by Crippen LogP contribution is 2.80. The topological polar surface area (TPSA) is 311 Å². The van der Waals surface area contributed by atoms with Crippen LogP contribution in [0.1, 0.15) is 0 Å².